The summed E-state index contributed by atoms with van der Waals surface area (Å²) in [5.41, 5.74) is 3.06. The zero-order chi connectivity index (χ0) is 20.5. The molecule has 2 aromatic carbocycles. The molecule has 3 rings (SSSR count). The number of carbonyl (C=O) groups excluding carboxylic acids is 1. The molecule has 0 unspecified atom stereocenters. The maximum absolute atomic E-state index is 12.5. The smallest absolute Gasteiger partial charge is 0.308 e. The summed E-state index contributed by atoms with van der Waals surface area (Å²) >= 11 is 12.2. The quantitative estimate of drug-likeness (QED) is 0.516. The van der Waals surface area contributed by atoms with Crippen LogP contribution in [0.3, 0.4) is 0 Å². The van der Waals surface area contributed by atoms with Crippen molar-refractivity contribution < 1.29 is 4.79 Å². The molecular weight excluding hydrogens is 395 g/mol. The van der Waals surface area contributed by atoms with E-state index in [1.54, 1.807) is 28.9 Å². The summed E-state index contributed by atoms with van der Waals surface area (Å²) in [4.78, 5) is 12.5. The Hall–Kier alpha value is -2.50. The molecule has 2 N–H and O–H groups in total. The molecule has 3 aromatic rings. The zero-order valence-electron chi connectivity index (χ0n) is 16.2. The molecule has 1 aromatic heterocycles. The van der Waals surface area contributed by atoms with Gasteiger partial charge in [-0.3, -0.25) is 5.32 Å². The molecule has 0 radical (unpaired) electrons. The number of aryl methyl sites for hydroxylation is 1. The Morgan fingerprint density at radius 2 is 1.68 bits per heavy atom. The number of hydrogen-bond donors (Lipinski definition) is 2. The number of halogens is 2. The third kappa shape index (κ3) is 4.66. The second-order valence-corrected chi connectivity index (χ2v) is 8.44. The van der Waals surface area contributed by atoms with Crippen molar-refractivity contribution in [2.45, 2.75) is 33.1 Å². The molecule has 0 saturated heterocycles. The molecule has 0 spiro atoms. The average Bonchev–Trinajstić information content (AvgIpc) is 3.03. The maximum Gasteiger partial charge on any atom is 0.324 e. The van der Waals surface area contributed by atoms with Crippen molar-refractivity contribution in [3.8, 4) is 5.69 Å². The number of nitrogens with zero attached hydrogens (tertiary/aromatic N) is 2. The van der Waals surface area contributed by atoms with Crippen molar-refractivity contribution in [3.05, 3.63) is 69.8 Å². The lowest BCUT2D eigenvalue weighted by molar-refractivity contribution is 0.262. The highest BCUT2D eigenvalue weighted by molar-refractivity contribution is 6.31. The van der Waals surface area contributed by atoms with Crippen LogP contribution in [0.25, 0.3) is 5.69 Å². The summed E-state index contributed by atoms with van der Waals surface area (Å²) in [7, 11) is 0. The fraction of sp³-hybridized carbons (Fsp3) is 0.238. The standard InChI is InChI=1S/C21H22Cl2N4O/c1-13-5-10-16(11-17(13)23)27-19(12-18(26-27)21(2,3)4)25-20(28)24-15-8-6-14(22)7-9-15/h5-12H,1-4H3,(H2,24,25,28). The molecule has 28 heavy (non-hydrogen) atoms. The van der Waals surface area contributed by atoms with Gasteiger partial charge in [-0.05, 0) is 48.9 Å². The first kappa shape index (κ1) is 20.2. The SMILES string of the molecule is Cc1ccc(-n2nc(C(C)(C)C)cc2NC(=O)Nc2ccc(Cl)cc2)cc1Cl. The van der Waals surface area contributed by atoms with Gasteiger partial charge in [-0.25, -0.2) is 9.48 Å². The number of hydrogen-bond acceptors (Lipinski definition) is 2. The molecule has 0 atom stereocenters. The predicted molar refractivity (Wildman–Crippen MR) is 116 cm³/mol. The summed E-state index contributed by atoms with van der Waals surface area (Å²) in [5, 5.41) is 11.6. The highest BCUT2D eigenvalue weighted by Gasteiger charge is 2.21. The molecule has 7 heteroatoms. The van der Waals surface area contributed by atoms with Gasteiger partial charge in [-0.2, -0.15) is 5.10 Å². The van der Waals surface area contributed by atoms with E-state index in [4.69, 9.17) is 28.3 Å². The minimum atomic E-state index is -0.373. The van der Waals surface area contributed by atoms with Crippen LogP contribution in [-0.2, 0) is 5.41 Å². The van der Waals surface area contributed by atoms with Gasteiger partial charge in [0.2, 0.25) is 0 Å². The third-order valence-corrected chi connectivity index (χ3v) is 4.88. The minimum Gasteiger partial charge on any atom is -0.308 e. The second kappa shape index (κ2) is 7.86. The highest BCUT2D eigenvalue weighted by atomic mass is 35.5. The lowest BCUT2D eigenvalue weighted by Crippen LogP contribution is -2.21. The Kier molecular flexibility index (Phi) is 5.68. The molecule has 0 fully saturated rings. The van der Waals surface area contributed by atoms with Crippen molar-refractivity contribution in [3.63, 3.8) is 0 Å². The Bertz CT molecular complexity index is 1000. The maximum atomic E-state index is 12.5. The van der Waals surface area contributed by atoms with Crippen LogP contribution in [0.4, 0.5) is 16.3 Å². The van der Waals surface area contributed by atoms with Crippen LogP contribution in [0.15, 0.2) is 48.5 Å². The van der Waals surface area contributed by atoms with E-state index in [9.17, 15) is 4.79 Å². The Labute approximate surface area is 174 Å². The Balaban J connectivity index is 1.92. The Morgan fingerprint density at radius 3 is 2.29 bits per heavy atom. The van der Waals surface area contributed by atoms with Gasteiger partial charge in [-0.15, -0.1) is 0 Å². The number of nitrogens with one attached hydrogen (secondary N) is 2. The van der Waals surface area contributed by atoms with Crippen LogP contribution in [0.2, 0.25) is 10.0 Å². The fourth-order valence-electron chi connectivity index (χ4n) is 2.56. The number of urea groups is 1. The van der Waals surface area contributed by atoms with E-state index in [1.165, 1.54) is 0 Å². The van der Waals surface area contributed by atoms with E-state index in [0.29, 0.717) is 21.6 Å². The largest absolute Gasteiger partial charge is 0.324 e. The molecule has 146 valence electrons. The third-order valence-electron chi connectivity index (χ3n) is 4.22. The van der Waals surface area contributed by atoms with Crippen LogP contribution in [0, 0.1) is 6.92 Å². The summed E-state index contributed by atoms with van der Waals surface area (Å²) in [6, 6.07) is 14.1. The van der Waals surface area contributed by atoms with E-state index in [0.717, 1.165) is 16.9 Å². The highest BCUT2D eigenvalue weighted by Crippen LogP contribution is 2.28. The fourth-order valence-corrected chi connectivity index (χ4v) is 2.86. The van der Waals surface area contributed by atoms with Gasteiger partial charge in [0.05, 0.1) is 11.4 Å². The molecule has 0 bridgehead atoms. The van der Waals surface area contributed by atoms with Crippen molar-refractivity contribution in [2.75, 3.05) is 10.6 Å². The molecule has 0 aliphatic carbocycles. The molecule has 0 aliphatic rings. The van der Waals surface area contributed by atoms with Crippen LogP contribution in [-0.4, -0.2) is 15.8 Å². The second-order valence-electron chi connectivity index (χ2n) is 7.60. The number of aromatic nitrogens is 2. The van der Waals surface area contributed by atoms with Gasteiger partial charge < -0.3 is 5.32 Å². The number of rotatable bonds is 3. The van der Waals surface area contributed by atoms with E-state index in [1.807, 2.05) is 31.2 Å². The molecule has 1 heterocycles. The molecule has 0 aliphatic heterocycles. The lowest BCUT2D eigenvalue weighted by atomic mass is 9.92. The number of anilines is 2. The van der Waals surface area contributed by atoms with Crippen molar-refractivity contribution in [2.24, 2.45) is 0 Å². The van der Waals surface area contributed by atoms with Gasteiger partial charge in [-0.1, -0.05) is 50.0 Å². The number of benzene rings is 2. The summed E-state index contributed by atoms with van der Waals surface area (Å²) in [6.45, 7) is 8.15. The van der Waals surface area contributed by atoms with Crippen LogP contribution in [0.5, 0.6) is 0 Å². The molecule has 2 amide bonds. The van der Waals surface area contributed by atoms with E-state index in [2.05, 4.69) is 31.4 Å². The molecule has 5 nitrogen and oxygen atoms in total. The first-order valence-electron chi connectivity index (χ1n) is 8.84. The van der Waals surface area contributed by atoms with Gasteiger partial charge in [0.25, 0.3) is 0 Å². The van der Waals surface area contributed by atoms with Crippen molar-refractivity contribution in [1.82, 2.24) is 9.78 Å². The number of amides is 2. The molecular formula is C21H22Cl2N4O. The van der Waals surface area contributed by atoms with Crippen LogP contribution >= 0.6 is 23.2 Å². The van der Waals surface area contributed by atoms with Crippen LogP contribution < -0.4 is 10.6 Å². The normalized spacial score (nSPS) is 11.4. The topological polar surface area (TPSA) is 59.0 Å². The first-order chi connectivity index (χ1) is 13.1. The van der Waals surface area contributed by atoms with Gasteiger partial charge in [0, 0.05) is 27.2 Å². The lowest BCUT2D eigenvalue weighted by Gasteiger charge is -2.14. The molecule has 0 saturated carbocycles. The van der Waals surface area contributed by atoms with Crippen molar-refractivity contribution >= 4 is 40.7 Å². The monoisotopic (exact) mass is 416 g/mol. The van der Waals surface area contributed by atoms with Gasteiger partial charge >= 0.3 is 6.03 Å². The Morgan fingerprint density at radius 1 is 1.00 bits per heavy atom. The summed E-state index contributed by atoms with van der Waals surface area (Å²) in [6.07, 6.45) is 0. The van der Waals surface area contributed by atoms with Gasteiger partial charge in [0.15, 0.2) is 0 Å². The average molecular weight is 417 g/mol. The van der Waals surface area contributed by atoms with Crippen molar-refractivity contribution in [1.29, 1.82) is 0 Å². The zero-order valence-corrected chi connectivity index (χ0v) is 17.7. The number of carbonyl (C=O) groups is 1. The van der Waals surface area contributed by atoms with E-state index >= 15 is 0 Å². The summed E-state index contributed by atoms with van der Waals surface area (Å²) in [5.74, 6) is 0.552. The van der Waals surface area contributed by atoms with Crippen LogP contribution in [0.1, 0.15) is 32.0 Å². The summed E-state index contributed by atoms with van der Waals surface area (Å²) < 4.78 is 1.69. The predicted octanol–water partition coefficient (Wildman–Crippen LogP) is 6.43. The van der Waals surface area contributed by atoms with Gasteiger partial charge in [0.1, 0.15) is 5.82 Å². The first-order valence-corrected chi connectivity index (χ1v) is 9.60. The minimum absolute atomic E-state index is 0.178. The van der Waals surface area contributed by atoms with E-state index in [-0.39, 0.29) is 11.4 Å². The van der Waals surface area contributed by atoms with E-state index < -0.39 is 0 Å².